The van der Waals surface area contributed by atoms with Gasteiger partial charge >= 0.3 is 0 Å². The molecular weight excluding hydrogens is 665 g/mol. The van der Waals surface area contributed by atoms with Crippen LogP contribution in [0.1, 0.15) is 25.0 Å². The molecule has 1 aromatic heterocycles. The lowest BCUT2D eigenvalue weighted by Crippen LogP contribution is -2.16. The monoisotopic (exact) mass is 702 g/mol. The molecule has 55 heavy (non-hydrogen) atoms. The van der Waals surface area contributed by atoms with Crippen LogP contribution in [0.4, 0.5) is 17.1 Å². The van der Waals surface area contributed by atoms with E-state index < -0.39 is 0 Å². The van der Waals surface area contributed by atoms with Gasteiger partial charge in [0.2, 0.25) is 0 Å². The van der Waals surface area contributed by atoms with Gasteiger partial charge in [-0.25, -0.2) is 0 Å². The van der Waals surface area contributed by atoms with Gasteiger partial charge in [0.15, 0.2) is 0 Å². The second kappa shape index (κ2) is 12.1. The highest BCUT2D eigenvalue weighted by atomic mass is 15.1. The second-order valence-electron chi connectivity index (χ2n) is 15.3. The molecular formula is C53H38N2. The third-order valence-electron chi connectivity index (χ3n) is 12.0. The number of para-hydroxylation sites is 2. The first kappa shape index (κ1) is 31.6. The Kier molecular flexibility index (Phi) is 6.93. The van der Waals surface area contributed by atoms with Crippen molar-refractivity contribution < 1.29 is 0 Å². The van der Waals surface area contributed by atoms with Gasteiger partial charge in [-0.2, -0.15) is 0 Å². The van der Waals surface area contributed by atoms with Gasteiger partial charge in [0.25, 0.3) is 0 Å². The SMILES string of the molecule is CC1(C)c2ccccc2-c2c(N(c3ccc(-c4cccc5c4ccc4ccccc45)cc3)c3ccc(-n4c5ccccc5c5ccccc54)cc3)cccc21. The van der Waals surface area contributed by atoms with Crippen molar-refractivity contribution in [3.8, 4) is 27.9 Å². The van der Waals surface area contributed by atoms with Crippen molar-refractivity contribution in [1.82, 2.24) is 4.57 Å². The van der Waals surface area contributed by atoms with E-state index >= 15 is 0 Å². The van der Waals surface area contributed by atoms with Crippen molar-refractivity contribution in [2.75, 3.05) is 4.90 Å². The van der Waals surface area contributed by atoms with E-state index in [9.17, 15) is 0 Å². The maximum absolute atomic E-state index is 2.45. The standard InChI is InChI=1S/C53H38N2/c1-53(2)47-20-8-5-17-46(47)52-48(53)21-12-24-51(52)54(38-30-32-39(33-31-38)55-49-22-9-6-15-44(49)45-16-7-10-23-50(45)55)37-28-25-36(26-29-37)41-18-11-19-42-40-14-4-3-13-35(40)27-34-43(41)42/h3-34H,1-2H3. The number of anilines is 3. The van der Waals surface area contributed by atoms with Gasteiger partial charge in [-0.3, -0.25) is 0 Å². The third kappa shape index (κ3) is 4.74. The van der Waals surface area contributed by atoms with Gasteiger partial charge < -0.3 is 9.47 Å². The Labute approximate surface area is 321 Å². The first-order valence-corrected chi connectivity index (χ1v) is 19.2. The van der Waals surface area contributed by atoms with Gasteiger partial charge in [-0.05, 0) is 104 Å². The number of aromatic nitrogens is 1. The van der Waals surface area contributed by atoms with E-state index in [0.717, 1.165) is 17.1 Å². The summed E-state index contributed by atoms with van der Waals surface area (Å²) < 4.78 is 2.39. The zero-order valence-electron chi connectivity index (χ0n) is 30.9. The summed E-state index contributed by atoms with van der Waals surface area (Å²) in [5.41, 5.74) is 14.7. The maximum atomic E-state index is 2.45. The summed E-state index contributed by atoms with van der Waals surface area (Å²) >= 11 is 0. The molecule has 1 aliphatic carbocycles. The molecule has 1 aliphatic rings. The molecule has 11 rings (SSSR count). The summed E-state index contributed by atoms with van der Waals surface area (Å²) in [4.78, 5) is 2.45. The van der Waals surface area contributed by atoms with Crippen molar-refractivity contribution in [1.29, 1.82) is 0 Å². The molecule has 1 heterocycles. The predicted octanol–water partition coefficient (Wildman–Crippen LogP) is 14.5. The molecule has 0 amide bonds. The summed E-state index contributed by atoms with van der Waals surface area (Å²) in [7, 11) is 0. The lowest BCUT2D eigenvalue weighted by Gasteiger charge is -2.29. The van der Waals surface area contributed by atoms with Crippen LogP contribution in [0, 0.1) is 0 Å². The van der Waals surface area contributed by atoms with E-state index in [1.807, 2.05) is 0 Å². The van der Waals surface area contributed by atoms with E-state index in [-0.39, 0.29) is 5.41 Å². The molecule has 260 valence electrons. The summed E-state index contributed by atoms with van der Waals surface area (Å²) in [5, 5.41) is 7.64. The Morgan fingerprint density at radius 2 is 0.964 bits per heavy atom. The minimum absolute atomic E-state index is 0.101. The molecule has 0 saturated heterocycles. The smallest absolute Gasteiger partial charge is 0.0543 e. The fourth-order valence-electron chi connectivity index (χ4n) is 9.38. The van der Waals surface area contributed by atoms with Gasteiger partial charge in [0.1, 0.15) is 0 Å². The minimum Gasteiger partial charge on any atom is -0.310 e. The van der Waals surface area contributed by atoms with Crippen molar-refractivity contribution in [2.45, 2.75) is 19.3 Å². The zero-order chi connectivity index (χ0) is 36.7. The van der Waals surface area contributed by atoms with Crippen LogP contribution >= 0.6 is 0 Å². The van der Waals surface area contributed by atoms with E-state index in [2.05, 4.69) is 217 Å². The first-order valence-electron chi connectivity index (χ1n) is 19.2. The van der Waals surface area contributed by atoms with Crippen molar-refractivity contribution in [2.24, 2.45) is 0 Å². The second-order valence-corrected chi connectivity index (χ2v) is 15.3. The largest absolute Gasteiger partial charge is 0.310 e. The topological polar surface area (TPSA) is 8.17 Å². The fourth-order valence-corrected chi connectivity index (χ4v) is 9.38. The van der Waals surface area contributed by atoms with Gasteiger partial charge in [-0.15, -0.1) is 0 Å². The normalized spacial score (nSPS) is 13.1. The number of nitrogens with zero attached hydrogens (tertiary/aromatic N) is 2. The van der Waals surface area contributed by atoms with Gasteiger partial charge in [0, 0.05) is 38.8 Å². The summed E-state index contributed by atoms with van der Waals surface area (Å²) in [6.07, 6.45) is 0. The minimum atomic E-state index is -0.101. The highest BCUT2D eigenvalue weighted by Crippen LogP contribution is 2.54. The Balaban J connectivity index is 1.08. The van der Waals surface area contributed by atoms with E-state index in [0.29, 0.717) is 0 Å². The molecule has 2 nitrogen and oxygen atoms in total. The van der Waals surface area contributed by atoms with Gasteiger partial charge in [-0.1, -0.05) is 153 Å². The molecule has 0 N–H and O–H groups in total. The molecule has 0 aliphatic heterocycles. The first-order chi connectivity index (χ1) is 27.1. The van der Waals surface area contributed by atoms with Crippen LogP contribution in [0.25, 0.3) is 71.3 Å². The van der Waals surface area contributed by atoms with Gasteiger partial charge in [0.05, 0.1) is 16.7 Å². The molecule has 2 heteroatoms. The van der Waals surface area contributed by atoms with Crippen molar-refractivity contribution in [3.63, 3.8) is 0 Å². The maximum Gasteiger partial charge on any atom is 0.0543 e. The van der Waals surface area contributed by atoms with Crippen LogP contribution < -0.4 is 4.90 Å². The Morgan fingerprint density at radius 3 is 1.71 bits per heavy atom. The molecule has 0 atom stereocenters. The van der Waals surface area contributed by atoms with Crippen LogP contribution in [-0.4, -0.2) is 4.57 Å². The Morgan fingerprint density at radius 1 is 0.400 bits per heavy atom. The Hall–Kier alpha value is -6.90. The quantitative estimate of drug-likeness (QED) is 0.162. The number of rotatable bonds is 5. The number of benzene rings is 9. The van der Waals surface area contributed by atoms with Crippen LogP contribution in [0.2, 0.25) is 0 Å². The molecule has 0 saturated carbocycles. The molecule has 0 radical (unpaired) electrons. The van der Waals surface area contributed by atoms with Crippen molar-refractivity contribution >= 4 is 60.4 Å². The molecule has 9 aromatic carbocycles. The molecule has 0 bridgehead atoms. The average Bonchev–Trinajstić information content (AvgIpc) is 3.70. The van der Waals surface area contributed by atoms with Crippen LogP contribution in [0.15, 0.2) is 194 Å². The lowest BCUT2D eigenvalue weighted by molar-refractivity contribution is 0.660. The zero-order valence-corrected chi connectivity index (χ0v) is 30.9. The average molecular weight is 703 g/mol. The van der Waals surface area contributed by atoms with Crippen LogP contribution in [-0.2, 0) is 5.41 Å². The molecule has 0 unspecified atom stereocenters. The van der Waals surface area contributed by atoms with Crippen LogP contribution in [0.3, 0.4) is 0 Å². The third-order valence-corrected chi connectivity index (χ3v) is 12.0. The number of fused-ring (bicyclic) bond motifs is 9. The molecule has 10 aromatic rings. The van der Waals surface area contributed by atoms with E-state index in [1.165, 1.54) is 82.4 Å². The molecule has 0 spiro atoms. The highest BCUT2D eigenvalue weighted by molar-refractivity contribution is 6.12. The lowest BCUT2D eigenvalue weighted by atomic mass is 9.82. The predicted molar refractivity (Wildman–Crippen MR) is 233 cm³/mol. The Bertz CT molecular complexity index is 3060. The number of hydrogen-bond donors (Lipinski definition) is 0. The van der Waals surface area contributed by atoms with Crippen LogP contribution in [0.5, 0.6) is 0 Å². The number of hydrogen-bond acceptors (Lipinski definition) is 1. The summed E-state index contributed by atoms with van der Waals surface area (Å²) in [6.45, 7) is 4.71. The molecule has 0 fully saturated rings. The fraction of sp³-hybridized carbons (Fsp3) is 0.0566. The van der Waals surface area contributed by atoms with Crippen molar-refractivity contribution in [3.05, 3.63) is 205 Å². The van der Waals surface area contributed by atoms with E-state index in [4.69, 9.17) is 0 Å². The summed E-state index contributed by atoms with van der Waals surface area (Å²) in [5.74, 6) is 0. The highest BCUT2D eigenvalue weighted by Gasteiger charge is 2.37. The summed E-state index contributed by atoms with van der Waals surface area (Å²) in [6, 6.07) is 71.4. The van der Waals surface area contributed by atoms with E-state index in [1.54, 1.807) is 0 Å².